The maximum absolute atomic E-state index is 12.5. The summed E-state index contributed by atoms with van der Waals surface area (Å²) in [5.41, 5.74) is 1.92. The Balaban J connectivity index is 1.80. The van der Waals surface area contributed by atoms with Crippen LogP contribution >= 0.6 is 11.6 Å². The number of aryl methyl sites for hydroxylation is 1. The molecular formula is C19H18ClN3O. The minimum absolute atomic E-state index is 0.0609. The van der Waals surface area contributed by atoms with Crippen molar-refractivity contribution < 1.29 is 4.79 Å². The molecule has 1 heterocycles. The van der Waals surface area contributed by atoms with Gasteiger partial charge in [-0.3, -0.25) is 4.79 Å². The van der Waals surface area contributed by atoms with Crippen LogP contribution in [0.5, 0.6) is 0 Å². The SMILES string of the molecule is Cn1ccnc1[C@@H](NC(=O)Cc1ccc(Cl)cc1)c1ccccc1. The van der Waals surface area contributed by atoms with Gasteiger partial charge in [0.05, 0.1) is 6.42 Å². The second kappa shape index (κ2) is 7.32. The Labute approximate surface area is 146 Å². The molecule has 0 fully saturated rings. The molecule has 122 valence electrons. The maximum Gasteiger partial charge on any atom is 0.225 e. The fourth-order valence-electron chi connectivity index (χ4n) is 2.60. The van der Waals surface area contributed by atoms with Gasteiger partial charge in [0.1, 0.15) is 11.9 Å². The van der Waals surface area contributed by atoms with Gasteiger partial charge in [-0.15, -0.1) is 0 Å². The van der Waals surface area contributed by atoms with E-state index >= 15 is 0 Å². The van der Waals surface area contributed by atoms with E-state index in [0.29, 0.717) is 11.4 Å². The average Bonchev–Trinajstić information content (AvgIpc) is 3.01. The van der Waals surface area contributed by atoms with Crippen molar-refractivity contribution in [3.05, 3.63) is 89.0 Å². The van der Waals surface area contributed by atoms with Crippen molar-refractivity contribution in [2.45, 2.75) is 12.5 Å². The number of imidazole rings is 1. The van der Waals surface area contributed by atoms with Crippen LogP contribution in [0.2, 0.25) is 5.02 Å². The van der Waals surface area contributed by atoms with Gasteiger partial charge in [0.25, 0.3) is 0 Å². The zero-order valence-electron chi connectivity index (χ0n) is 13.3. The minimum atomic E-state index is -0.286. The highest BCUT2D eigenvalue weighted by molar-refractivity contribution is 6.30. The number of amides is 1. The largest absolute Gasteiger partial charge is 0.342 e. The van der Waals surface area contributed by atoms with E-state index in [0.717, 1.165) is 17.0 Å². The molecule has 2 aromatic carbocycles. The van der Waals surface area contributed by atoms with Gasteiger partial charge in [0.15, 0.2) is 0 Å². The van der Waals surface area contributed by atoms with Crippen LogP contribution < -0.4 is 5.32 Å². The molecule has 5 heteroatoms. The van der Waals surface area contributed by atoms with Gasteiger partial charge in [-0.25, -0.2) is 4.98 Å². The molecule has 3 aromatic rings. The molecule has 0 aliphatic rings. The molecule has 0 saturated carbocycles. The molecule has 24 heavy (non-hydrogen) atoms. The molecular weight excluding hydrogens is 322 g/mol. The molecule has 0 radical (unpaired) electrons. The van der Waals surface area contributed by atoms with Gasteiger partial charge in [-0.2, -0.15) is 0 Å². The summed E-state index contributed by atoms with van der Waals surface area (Å²) in [6.07, 6.45) is 3.90. The third kappa shape index (κ3) is 3.84. The standard InChI is InChI=1S/C19H18ClN3O/c1-23-12-11-21-19(23)18(15-5-3-2-4-6-15)22-17(24)13-14-7-9-16(20)10-8-14/h2-12,18H,13H2,1H3,(H,22,24)/t18-/m0/s1. The van der Waals surface area contributed by atoms with Crippen LogP contribution in [0.15, 0.2) is 67.0 Å². The first kappa shape index (κ1) is 16.3. The highest BCUT2D eigenvalue weighted by Crippen LogP contribution is 2.20. The molecule has 1 N–H and O–H groups in total. The van der Waals surface area contributed by atoms with Crippen LogP contribution in [0.4, 0.5) is 0 Å². The van der Waals surface area contributed by atoms with Crippen molar-refractivity contribution in [1.29, 1.82) is 0 Å². The summed E-state index contributed by atoms with van der Waals surface area (Å²) in [6, 6.07) is 16.9. The van der Waals surface area contributed by atoms with Crippen molar-refractivity contribution in [3.63, 3.8) is 0 Å². The van der Waals surface area contributed by atoms with Crippen LogP contribution in [0.25, 0.3) is 0 Å². The Morgan fingerprint density at radius 2 is 1.88 bits per heavy atom. The van der Waals surface area contributed by atoms with Crippen molar-refractivity contribution in [2.75, 3.05) is 0 Å². The van der Waals surface area contributed by atoms with Crippen molar-refractivity contribution in [3.8, 4) is 0 Å². The molecule has 0 spiro atoms. The summed E-state index contributed by atoms with van der Waals surface area (Å²) in [5.74, 6) is 0.736. The molecule has 1 atom stereocenters. The molecule has 0 unspecified atom stereocenters. The summed E-state index contributed by atoms with van der Waals surface area (Å²) < 4.78 is 1.92. The van der Waals surface area contributed by atoms with Gasteiger partial charge in [0, 0.05) is 24.5 Å². The first-order chi connectivity index (χ1) is 11.6. The van der Waals surface area contributed by atoms with Crippen molar-refractivity contribution in [1.82, 2.24) is 14.9 Å². The van der Waals surface area contributed by atoms with E-state index in [9.17, 15) is 4.79 Å². The molecule has 0 saturated heterocycles. The number of hydrogen-bond acceptors (Lipinski definition) is 2. The fraction of sp³-hybridized carbons (Fsp3) is 0.158. The summed E-state index contributed by atoms with van der Waals surface area (Å²) in [7, 11) is 1.92. The third-order valence-electron chi connectivity index (χ3n) is 3.83. The average molecular weight is 340 g/mol. The minimum Gasteiger partial charge on any atom is -0.342 e. The van der Waals surface area contributed by atoms with Gasteiger partial charge < -0.3 is 9.88 Å². The number of aromatic nitrogens is 2. The first-order valence-electron chi connectivity index (χ1n) is 7.69. The lowest BCUT2D eigenvalue weighted by atomic mass is 10.1. The van der Waals surface area contributed by atoms with E-state index in [1.54, 1.807) is 18.3 Å². The number of carbonyl (C=O) groups excluding carboxylic acids is 1. The van der Waals surface area contributed by atoms with Gasteiger partial charge in [0.2, 0.25) is 5.91 Å². The smallest absolute Gasteiger partial charge is 0.225 e. The fourth-order valence-corrected chi connectivity index (χ4v) is 2.72. The number of halogens is 1. The highest BCUT2D eigenvalue weighted by Gasteiger charge is 2.20. The van der Waals surface area contributed by atoms with Crippen LogP contribution in [-0.2, 0) is 18.3 Å². The Morgan fingerprint density at radius 3 is 2.50 bits per heavy atom. The Hall–Kier alpha value is -2.59. The number of nitrogens with one attached hydrogen (secondary N) is 1. The highest BCUT2D eigenvalue weighted by atomic mass is 35.5. The van der Waals surface area contributed by atoms with E-state index in [-0.39, 0.29) is 11.9 Å². The number of benzene rings is 2. The van der Waals surface area contributed by atoms with E-state index in [2.05, 4.69) is 10.3 Å². The molecule has 0 bridgehead atoms. The molecule has 4 nitrogen and oxygen atoms in total. The zero-order chi connectivity index (χ0) is 16.9. The van der Waals surface area contributed by atoms with Crippen LogP contribution in [0.3, 0.4) is 0 Å². The quantitative estimate of drug-likeness (QED) is 0.773. The number of nitrogens with zero attached hydrogens (tertiary/aromatic N) is 2. The van der Waals surface area contributed by atoms with Crippen LogP contribution in [0.1, 0.15) is 23.0 Å². The summed E-state index contributed by atoms with van der Waals surface area (Å²) in [5, 5.41) is 3.75. The van der Waals surface area contributed by atoms with Gasteiger partial charge >= 0.3 is 0 Å². The Kier molecular flexibility index (Phi) is 4.96. The van der Waals surface area contributed by atoms with Crippen molar-refractivity contribution in [2.24, 2.45) is 7.05 Å². The lowest BCUT2D eigenvalue weighted by molar-refractivity contribution is -0.121. The van der Waals surface area contributed by atoms with E-state index in [4.69, 9.17) is 11.6 Å². The predicted octanol–water partition coefficient (Wildman–Crippen LogP) is 3.52. The lowest BCUT2D eigenvalue weighted by Crippen LogP contribution is -2.32. The molecule has 0 aliphatic carbocycles. The lowest BCUT2D eigenvalue weighted by Gasteiger charge is -2.19. The van der Waals surface area contributed by atoms with E-state index in [1.165, 1.54) is 0 Å². The molecule has 3 rings (SSSR count). The summed E-state index contributed by atoms with van der Waals surface area (Å²) in [4.78, 5) is 16.9. The second-order valence-corrected chi connectivity index (χ2v) is 6.05. The second-order valence-electron chi connectivity index (χ2n) is 5.61. The monoisotopic (exact) mass is 339 g/mol. The zero-order valence-corrected chi connectivity index (χ0v) is 14.1. The van der Waals surface area contributed by atoms with E-state index in [1.807, 2.05) is 60.3 Å². The predicted molar refractivity (Wildman–Crippen MR) is 94.8 cm³/mol. The summed E-state index contributed by atoms with van der Waals surface area (Å²) >= 11 is 5.89. The topological polar surface area (TPSA) is 46.9 Å². The molecule has 1 aromatic heterocycles. The normalized spacial score (nSPS) is 11.9. The van der Waals surface area contributed by atoms with Crippen LogP contribution in [-0.4, -0.2) is 15.5 Å². The van der Waals surface area contributed by atoms with Gasteiger partial charge in [-0.1, -0.05) is 54.1 Å². The van der Waals surface area contributed by atoms with E-state index < -0.39 is 0 Å². The number of carbonyl (C=O) groups is 1. The Morgan fingerprint density at radius 1 is 1.17 bits per heavy atom. The van der Waals surface area contributed by atoms with Gasteiger partial charge in [-0.05, 0) is 23.3 Å². The maximum atomic E-state index is 12.5. The van der Waals surface area contributed by atoms with Crippen LogP contribution in [0, 0.1) is 0 Å². The third-order valence-corrected chi connectivity index (χ3v) is 4.08. The number of hydrogen-bond donors (Lipinski definition) is 1. The molecule has 0 aliphatic heterocycles. The van der Waals surface area contributed by atoms with Crippen molar-refractivity contribution >= 4 is 17.5 Å². The molecule has 1 amide bonds. The Bertz CT molecular complexity index is 812. The number of rotatable bonds is 5. The first-order valence-corrected chi connectivity index (χ1v) is 8.07. The summed E-state index contributed by atoms with van der Waals surface area (Å²) in [6.45, 7) is 0.